The van der Waals surface area contributed by atoms with Gasteiger partial charge in [-0.15, -0.1) is 5.10 Å². The first-order chi connectivity index (χ1) is 9.78. The Kier molecular flexibility index (Phi) is 5.08. The lowest BCUT2D eigenvalue weighted by atomic mass is 10.2. The van der Waals surface area contributed by atoms with Crippen LogP contribution in [-0.2, 0) is 13.1 Å². The topological polar surface area (TPSA) is 97.9 Å². The van der Waals surface area contributed by atoms with Crippen LogP contribution in [0.25, 0.3) is 0 Å². The number of carbonyl (C=O) groups excluding carboxylic acids is 1. The molecule has 2 rings (SSSR count). The molecule has 0 saturated carbocycles. The van der Waals surface area contributed by atoms with Crippen molar-refractivity contribution in [3.63, 3.8) is 0 Å². The number of urea groups is 1. The van der Waals surface area contributed by atoms with Gasteiger partial charge < -0.3 is 16.4 Å². The smallest absolute Gasteiger partial charge is 0.319 e. The fourth-order valence-corrected chi connectivity index (χ4v) is 1.75. The number of hydrogen-bond acceptors (Lipinski definition) is 4. The predicted octanol–water partition coefficient (Wildman–Crippen LogP) is 0.949. The number of hydrogen-bond donors (Lipinski definition) is 3. The number of benzene rings is 1. The fourth-order valence-electron chi connectivity index (χ4n) is 1.75. The Morgan fingerprint density at radius 2 is 2.30 bits per heavy atom. The average molecular weight is 274 g/mol. The zero-order valence-corrected chi connectivity index (χ0v) is 11.1. The van der Waals surface area contributed by atoms with Gasteiger partial charge in [-0.05, 0) is 24.1 Å². The van der Waals surface area contributed by atoms with Crippen molar-refractivity contribution in [3.8, 4) is 0 Å². The van der Waals surface area contributed by atoms with E-state index < -0.39 is 0 Å². The summed E-state index contributed by atoms with van der Waals surface area (Å²) in [6, 6.07) is 7.24. The minimum absolute atomic E-state index is 0.224. The van der Waals surface area contributed by atoms with Crippen LogP contribution < -0.4 is 16.4 Å². The molecule has 2 amide bonds. The van der Waals surface area contributed by atoms with Crippen LogP contribution in [0.4, 0.5) is 10.5 Å². The first kappa shape index (κ1) is 14.0. The predicted molar refractivity (Wildman–Crippen MR) is 76.0 cm³/mol. The Hall–Kier alpha value is -2.41. The molecule has 1 heterocycles. The molecular weight excluding hydrogens is 256 g/mol. The molecule has 0 unspecified atom stereocenters. The second-order valence-corrected chi connectivity index (χ2v) is 4.31. The third-order valence-electron chi connectivity index (χ3n) is 2.74. The Bertz CT molecular complexity index is 540. The van der Waals surface area contributed by atoms with Crippen molar-refractivity contribution < 1.29 is 4.79 Å². The molecule has 2 aromatic rings. The zero-order valence-electron chi connectivity index (χ0n) is 11.1. The van der Waals surface area contributed by atoms with Crippen molar-refractivity contribution >= 4 is 11.7 Å². The van der Waals surface area contributed by atoms with E-state index in [1.807, 2.05) is 24.3 Å². The van der Waals surface area contributed by atoms with Crippen LogP contribution in [0.3, 0.4) is 0 Å². The summed E-state index contributed by atoms with van der Waals surface area (Å²) in [5, 5.41) is 13.1. The highest BCUT2D eigenvalue weighted by molar-refractivity contribution is 5.89. The molecule has 0 saturated heterocycles. The molecule has 0 fully saturated rings. The summed E-state index contributed by atoms with van der Waals surface area (Å²) in [6.45, 7) is 1.75. The van der Waals surface area contributed by atoms with Crippen molar-refractivity contribution in [1.29, 1.82) is 0 Å². The van der Waals surface area contributed by atoms with Gasteiger partial charge in [-0.1, -0.05) is 17.3 Å². The molecule has 20 heavy (non-hydrogen) atoms. The van der Waals surface area contributed by atoms with Crippen LogP contribution in [-0.4, -0.2) is 27.6 Å². The lowest BCUT2D eigenvalue weighted by molar-refractivity contribution is 0.251. The molecular formula is C13H18N6O. The lowest BCUT2D eigenvalue weighted by Crippen LogP contribution is -2.30. The van der Waals surface area contributed by atoms with Crippen molar-refractivity contribution in [3.05, 3.63) is 42.2 Å². The van der Waals surface area contributed by atoms with Gasteiger partial charge in [-0.25, -0.2) is 4.79 Å². The van der Waals surface area contributed by atoms with Crippen molar-refractivity contribution in [2.45, 2.75) is 19.5 Å². The Balaban J connectivity index is 1.69. The number of anilines is 1. The van der Waals surface area contributed by atoms with Gasteiger partial charge in [-0.3, -0.25) is 4.68 Å². The van der Waals surface area contributed by atoms with Gasteiger partial charge in [-0.2, -0.15) is 0 Å². The monoisotopic (exact) mass is 274 g/mol. The third kappa shape index (κ3) is 4.36. The van der Waals surface area contributed by atoms with E-state index in [2.05, 4.69) is 20.9 Å². The largest absolute Gasteiger partial charge is 0.338 e. The van der Waals surface area contributed by atoms with Gasteiger partial charge in [0, 0.05) is 31.5 Å². The first-order valence-corrected chi connectivity index (χ1v) is 6.46. The Morgan fingerprint density at radius 1 is 1.40 bits per heavy atom. The summed E-state index contributed by atoms with van der Waals surface area (Å²) in [4.78, 5) is 11.7. The van der Waals surface area contributed by atoms with Crippen molar-refractivity contribution in [2.75, 3.05) is 11.9 Å². The SMILES string of the molecule is NCc1cccc(NC(=O)NCCCn2ccnn2)c1. The van der Waals surface area contributed by atoms with E-state index in [1.54, 1.807) is 17.1 Å². The molecule has 7 nitrogen and oxygen atoms in total. The van der Waals surface area contributed by atoms with E-state index in [1.165, 1.54) is 0 Å². The second-order valence-electron chi connectivity index (χ2n) is 4.31. The van der Waals surface area contributed by atoms with Crippen LogP contribution in [0.5, 0.6) is 0 Å². The normalized spacial score (nSPS) is 10.2. The average Bonchev–Trinajstić information content (AvgIpc) is 2.97. The van der Waals surface area contributed by atoms with E-state index in [0.717, 1.165) is 24.2 Å². The molecule has 0 spiro atoms. The van der Waals surface area contributed by atoms with Crippen molar-refractivity contribution in [2.24, 2.45) is 5.73 Å². The zero-order chi connectivity index (χ0) is 14.2. The fraction of sp³-hybridized carbons (Fsp3) is 0.308. The summed E-state index contributed by atoms with van der Waals surface area (Å²) >= 11 is 0. The summed E-state index contributed by atoms with van der Waals surface area (Å²) < 4.78 is 1.73. The standard InChI is InChI=1S/C13H18N6O/c14-10-11-3-1-4-12(9-11)17-13(20)15-5-2-7-19-8-6-16-18-19/h1,3-4,6,8-9H,2,5,7,10,14H2,(H2,15,17,20). The van der Waals surface area contributed by atoms with E-state index >= 15 is 0 Å². The van der Waals surface area contributed by atoms with Crippen LogP contribution >= 0.6 is 0 Å². The molecule has 0 aliphatic heterocycles. The molecule has 0 bridgehead atoms. The maximum atomic E-state index is 11.7. The summed E-state index contributed by atoms with van der Waals surface area (Å²) in [5.74, 6) is 0. The molecule has 0 atom stereocenters. The van der Waals surface area contributed by atoms with E-state index in [4.69, 9.17) is 5.73 Å². The molecule has 4 N–H and O–H groups in total. The van der Waals surface area contributed by atoms with Gasteiger partial charge in [0.15, 0.2) is 0 Å². The quantitative estimate of drug-likeness (QED) is 0.683. The number of carbonyl (C=O) groups is 1. The van der Waals surface area contributed by atoms with Crippen LogP contribution in [0.2, 0.25) is 0 Å². The van der Waals surface area contributed by atoms with Crippen LogP contribution in [0.1, 0.15) is 12.0 Å². The van der Waals surface area contributed by atoms with E-state index in [9.17, 15) is 4.79 Å². The van der Waals surface area contributed by atoms with E-state index in [-0.39, 0.29) is 6.03 Å². The molecule has 106 valence electrons. The van der Waals surface area contributed by atoms with Gasteiger partial charge in [0.2, 0.25) is 0 Å². The summed E-state index contributed by atoms with van der Waals surface area (Å²) in [7, 11) is 0. The summed E-state index contributed by atoms with van der Waals surface area (Å²) in [5.41, 5.74) is 7.27. The second kappa shape index (κ2) is 7.25. The lowest BCUT2D eigenvalue weighted by Gasteiger charge is -2.08. The van der Waals surface area contributed by atoms with Gasteiger partial charge in [0.25, 0.3) is 0 Å². The minimum atomic E-state index is -0.224. The maximum absolute atomic E-state index is 11.7. The molecule has 0 radical (unpaired) electrons. The number of nitrogens with one attached hydrogen (secondary N) is 2. The minimum Gasteiger partial charge on any atom is -0.338 e. The van der Waals surface area contributed by atoms with Gasteiger partial charge in [0.1, 0.15) is 0 Å². The number of rotatable bonds is 6. The Labute approximate surface area is 117 Å². The molecule has 1 aromatic heterocycles. The third-order valence-corrected chi connectivity index (χ3v) is 2.74. The number of aromatic nitrogens is 3. The van der Waals surface area contributed by atoms with Crippen LogP contribution in [0, 0.1) is 0 Å². The number of nitrogens with two attached hydrogens (primary N) is 1. The number of aryl methyl sites for hydroxylation is 1. The molecule has 1 aromatic carbocycles. The highest BCUT2D eigenvalue weighted by Crippen LogP contribution is 2.09. The highest BCUT2D eigenvalue weighted by atomic mass is 16.2. The number of amides is 2. The van der Waals surface area contributed by atoms with Gasteiger partial charge >= 0.3 is 6.03 Å². The van der Waals surface area contributed by atoms with Crippen molar-refractivity contribution in [1.82, 2.24) is 20.3 Å². The summed E-state index contributed by atoms with van der Waals surface area (Å²) in [6.07, 6.45) is 4.21. The van der Waals surface area contributed by atoms with Crippen LogP contribution in [0.15, 0.2) is 36.7 Å². The molecule has 7 heteroatoms. The first-order valence-electron chi connectivity index (χ1n) is 6.46. The van der Waals surface area contributed by atoms with E-state index in [0.29, 0.717) is 13.1 Å². The Morgan fingerprint density at radius 3 is 3.05 bits per heavy atom. The highest BCUT2D eigenvalue weighted by Gasteiger charge is 2.01. The maximum Gasteiger partial charge on any atom is 0.319 e. The number of nitrogens with zero attached hydrogens (tertiary/aromatic N) is 3. The molecule has 0 aliphatic rings. The van der Waals surface area contributed by atoms with Gasteiger partial charge in [0.05, 0.1) is 6.20 Å². The molecule has 0 aliphatic carbocycles.